The summed E-state index contributed by atoms with van der Waals surface area (Å²) in [5, 5.41) is 59.8. The number of phenols is 1. The van der Waals surface area contributed by atoms with Crippen molar-refractivity contribution in [2.45, 2.75) is 56.1 Å². The van der Waals surface area contributed by atoms with Gasteiger partial charge >= 0.3 is 17.6 Å². The van der Waals surface area contributed by atoms with Crippen LogP contribution in [0.15, 0.2) is 33.5 Å². The van der Waals surface area contributed by atoms with Crippen molar-refractivity contribution in [3.63, 3.8) is 0 Å². The summed E-state index contributed by atoms with van der Waals surface area (Å²) in [7, 11) is 0. The average molecular weight is 484 g/mol. The van der Waals surface area contributed by atoms with Crippen LogP contribution in [-0.2, 0) is 19.1 Å². The van der Waals surface area contributed by atoms with E-state index in [1.54, 1.807) is 0 Å². The molecule has 2 aromatic rings. The number of aliphatic hydroxyl groups excluding tert-OH is 3. The molecule has 0 spiro atoms. The zero-order valence-corrected chi connectivity index (χ0v) is 17.9. The number of ether oxygens (including phenoxy) is 3. The van der Waals surface area contributed by atoms with Gasteiger partial charge in [0.1, 0.15) is 36.6 Å². The van der Waals surface area contributed by atoms with Crippen molar-refractivity contribution in [3.8, 4) is 11.5 Å². The zero-order valence-electron chi connectivity index (χ0n) is 17.9. The van der Waals surface area contributed by atoms with Crippen LogP contribution in [-0.4, -0.2) is 85.5 Å². The van der Waals surface area contributed by atoms with E-state index < -0.39 is 79.1 Å². The molecule has 0 unspecified atom stereocenters. The minimum absolute atomic E-state index is 0.0708. The number of aromatic hydroxyl groups is 1. The highest BCUT2D eigenvalue weighted by Crippen LogP contribution is 2.34. The molecule has 13 heteroatoms. The normalized spacial score (nSPS) is 26.6. The van der Waals surface area contributed by atoms with Crippen LogP contribution in [0.2, 0.25) is 0 Å². The second-order valence-corrected chi connectivity index (χ2v) is 8.17. The maximum atomic E-state index is 12.0. The summed E-state index contributed by atoms with van der Waals surface area (Å²) in [5.74, 6) is -2.98. The number of fused-ring (bicyclic) bond motifs is 1. The van der Waals surface area contributed by atoms with Gasteiger partial charge in [-0.2, -0.15) is 0 Å². The number of esters is 1. The molecule has 3 rings (SSSR count). The molecule has 1 fully saturated rings. The van der Waals surface area contributed by atoms with E-state index in [0.717, 1.165) is 19.1 Å². The van der Waals surface area contributed by atoms with Gasteiger partial charge in [-0.1, -0.05) is 0 Å². The van der Waals surface area contributed by atoms with E-state index in [4.69, 9.17) is 23.7 Å². The van der Waals surface area contributed by atoms with Gasteiger partial charge in [-0.3, -0.25) is 9.59 Å². The highest BCUT2D eigenvalue weighted by molar-refractivity contribution is 5.80. The van der Waals surface area contributed by atoms with E-state index >= 15 is 0 Å². The molecule has 13 nitrogen and oxygen atoms in total. The van der Waals surface area contributed by atoms with Crippen molar-refractivity contribution >= 4 is 22.9 Å². The summed E-state index contributed by atoms with van der Waals surface area (Å²) in [6.45, 7) is 0.515. The number of carbonyl (C=O) groups excluding carboxylic acids is 1. The number of carbonyl (C=O) groups is 2. The molecule has 6 N–H and O–H groups in total. The van der Waals surface area contributed by atoms with Crippen molar-refractivity contribution < 1.29 is 58.9 Å². The summed E-state index contributed by atoms with van der Waals surface area (Å²) in [4.78, 5) is 34.0. The molecular weight excluding hydrogens is 460 g/mol. The van der Waals surface area contributed by atoms with E-state index in [0.29, 0.717) is 5.39 Å². The fraction of sp³-hybridized carbons (Fsp3) is 0.476. The van der Waals surface area contributed by atoms with E-state index in [2.05, 4.69) is 0 Å². The quantitative estimate of drug-likeness (QED) is 0.193. The number of carboxylic acids is 1. The Morgan fingerprint density at radius 2 is 1.79 bits per heavy atom. The molecule has 1 aromatic carbocycles. The Bertz CT molecular complexity index is 1110. The van der Waals surface area contributed by atoms with Crippen LogP contribution in [0, 0.1) is 0 Å². The van der Waals surface area contributed by atoms with Crippen LogP contribution < -0.4 is 10.4 Å². The second-order valence-electron chi connectivity index (χ2n) is 8.17. The van der Waals surface area contributed by atoms with Gasteiger partial charge in [-0.05, 0) is 19.1 Å². The predicted molar refractivity (Wildman–Crippen MR) is 110 cm³/mol. The summed E-state index contributed by atoms with van der Waals surface area (Å²) in [5.41, 5.74) is -2.43. The maximum absolute atomic E-state index is 12.0. The number of benzene rings is 1. The van der Waals surface area contributed by atoms with Gasteiger partial charge in [0, 0.05) is 17.5 Å². The van der Waals surface area contributed by atoms with Crippen LogP contribution in [0.4, 0.5) is 0 Å². The second kappa shape index (κ2) is 9.95. The average Bonchev–Trinajstić information content (AvgIpc) is 2.72. The van der Waals surface area contributed by atoms with Gasteiger partial charge in [-0.15, -0.1) is 0 Å². The lowest BCUT2D eigenvalue weighted by Gasteiger charge is -2.40. The van der Waals surface area contributed by atoms with Gasteiger partial charge in [-0.25, -0.2) is 4.79 Å². The third kappa shape index (κ3) is 6.01. The Hall–Kier alpha value is -3.23. The van der Waals surface area contributed by atoms with Crippen molar-refractivity contribution in [1.29, 1.82) is 0 Å². The Kier molecular flexibility index (Phi) is 7.43. The molecule has 0 bridgehead atoms. The molecule has 2 heterocycles. The van der Waals surface area contributed by atoms with Gasteiger partial charge in [0.15, 0.2) is 11.5 Å². The lowest BCUT2D eigenvalue weighted by molar-refractivity contribution is -0.278. The van der Waals surface area contributed by atoms with Crippen molar-refractivity contribution in [1.82, 2.24) is 0 Å². The fourth-order valence-electron chi connectivity index (χ4n) is 3.38. The van der Waals surface area contributed by atoms with E-state index in [9.17, 15) is 39.9 Å². The van der Waals surface area contributed by atoms with Crippen LogP contribution in [0.5, 0.6) is 11.5 Å². The summed E-state index contributed by atoms with van der Waals surface area (Å²) < 4.78 is 20.7. The highest BCUT2D eigenvalue weighted by Gasteiger charge is 2.46. The van der Waals surface area contributed by atoms with Crippen LogP contribution >= 0.6 is 0 Å². The van der Waals surface area contributed by atoms with Gasteiger partial charge in [0.05, 0.1) is 18.4 Å². The lowest BCUT2D eigenvalue weighted by atomic mass is 9.98. The third-order valence-corrected chi connectivity index (χ3v) is 5.08. The van der Waals surface area contributed by atoms with Gasteiger partial charge in [0.2, 0.25) is 6.29 Å². The molecule has 0 saturated carbocycles. The summed E-state index contributed by atoms with van der Waals surface area (Å²) in [6, 6.07) is 4.95. The molecule has 6 atom stereocenters. The van der Waals surface area contributed by atoms with E-state index in [-0.39, 0.29) is 11.3 Å². The third-order valence-electron chi connectivity index (χ3n) is 5.08. The summed E-state index contributed by atoms with van der Waals surface area (Å²) >= 11 is 0. The van der Waals surface area contributed by atoms with Crippen LogP contribution in [0.3, 0.4) is 0 Å². The number of aliphatic carboxylic acids is 1. The van der Waals surface area contributed by atoms with E-state index in [1.807, 2.05) is 0 Å². The molecule has 0 radical (unpaired) electrons. The Morgan fingerprint density at radius 1 is 1.09 bits per heavy atom. The number of hydrogen-bond donors (Lipinski definition) is 6. The molecule has 0 amide bonds. The van der Waals surface area contributed by atoms with Gasteiger partial charge in [0.25, 0.3) is 0 Å². The maximum Gasteiger partial charge on any atom is 0.336 e. The molecule has 0 aliphatic carbocycles. The summed E-state index contributed by atoms with van der Waals surface area (Å²) in [6.07, 6.45) is -9.59. The number of rotatable bonds is 8. The topological polar surface area (TPSA) is 213 Å². The minimum Gasteiger partial charge on any atom is -0.504 e. The predicted octanol–water partition coefficient (Wildman–Crippen LogP) is -1.16. The number of carboxylic acid groups (broad SMARTS) is 1. The largest absolute Gasteiger partial charge is 0.504 e. The van der Waals surface area contributed by atoms with Crippen molar-refractivity contribution in [2.75, 3.05) is 6.61 Å². The lowest BCUT2D eigenvalue weighted by Crippen LogP contribution is -2.60. The molecular formula is C21H24O13. The number of phenolic OH excluding ortho intramolecular Hbond substituents is 1. The first-order valence-corrected chi connectivity index (χ1v) is 10.1. The fourth-order valence-corrected chi connectivity index (χ4v) is 3.38. The van der Waals surface area contributed by atoms with Crippen LogP contribution in [0.25, 0.3) is 11.0 Å². The first kappa shape index (κ1) is 25.4. The van der Waals surface area contributed by atoms with Crippen LogP contribution in [0.1, 0.15) is 19.8 Å². The standard InChI is InChI=1S/C21H24O13/c1-21(30,6-14(23)24)7-16(26)31-8-13-17(27)18(28)19(29)20(34-13)33-12-4-9-2-3-15(25)32-11(9)5-10(12)22/h2-5,13,17-20,22,27-30H,6-8H2,1H3,(H,23,24)/t13-,17-,18-,19-,20-,21+/m0/s1. The Morgan fingerprint density at radius 3 is 2.47 bits per heavy atom. The van der Waals surface area contributed by atoms with Crippen molar-refractivity contribution in [3.05, 3.63) is 34.7 Å². The first-order valence-electron chi connectivity index (χ1n) is 10.1. The molecule has 1 aliphatic heterocycles. The SMILES string of the molecule is C[C@@](O)(CC(=O)O)CC(=O)OC[C@@H]1O[C@H](Oc2cc3ccc(=O)oc3cc2O)[C@@H](O)[C@@H](O)[C@H]1O. The Labute approximate surface area is 191 Å². The van der Waals surface area contributed by atoms with Crippen molar-refractivity contribution in [2.24, 2.45) is 0 Å². The molecule has 1 aromatic heterocycles. The highest BCUT2D eigenvalue weighted by atomic mass is 16.7. The zero-order chi connectivity index (χ0) is 25.2. The smallest absolute Gasteiger partial charge is 0.336 e. The Balaban J connectivity index is 1.69. The first-order chi connectivity index (χ1) is 15.9. The minimum atomic E-state index is -1.87. The molecule has 34 heavy (non-hydrogen) atoms. The van der Waals surface area contributed by atoms with Gasteiger partial charge < -0.3 is 49.3 Å². The number of aliphatic hydroxyl groups is 4. The molecule has 186 valence electrons. The number of hydrogen-bond acceptors (Lipinski definition) is 12. The molecule has 1 saturated heterocycles. The monoisotopic (exact) mass is 484 g/mol. The van der Waals surface area contributed by atoms with E-state index in [1.165, 1.54) is 12.1 Å². The molecule has 1 aliphatic rings.